The predicted octanol–water partition coefficient (Wildman–Crippen LogP) is 2.78. The molecule has 0 saturated carbocycles. The lowest BCUT2D eigenvalue weighted by Crippen LogP contribution is -2.40. The number of carbonyl (C=O) groups excluding carboxylic acids is 1. The quantitative estimate of drug-likeness (QED) is 0.102. The second-order valence-corrected chi connectivity index (χ2v) is 11.9. The molecule has 6 atom stereocenters. The highest BCUT2D eigenvalue weighted by molar-refractivity contribution is 7.52. The molecule has 2 heterocycles. The van der Waals surface area contributed by atoms with Crippen molar-refractivity contribution in [3.8, 4) is 5.75 Å². The minimum Gasteiger partial charge on any atom is -0.464 e. The van der Waals surface area contributed by atoms with E-state index in [1.165, 1.54) is 18.6 Å². The van der Waals surface area contributed by atoms with Gasteiger partial charge in [0.2, 0.25) is 0 Å². The van der Waals surface area contributed by atoms with Gasteiger partial charge in [-0.3, -0.25) is 14.3 Å². The zero-order valence-electron chi connectivity index (χ0n) is 24.7. The van der Waals surface area contributed by atoms with Gasteiger partial charge >= 0.3 is 13.7 Å². The highest BCUT2D eigenvalue weighted by Gasteiger charge is 2.54. The summed E-state index contributed by atoms with van der Waals surface area (Å²) in [6.07, 6.45) is -2.32. The second-order valence-electron chi connectivity index (χ2n) is 10.2. The van der Waals surface area contributed by atoms with Crippen LogP contribution in [0.5, 0.6) is 5.75 Å². The number of nitrogens with two attached hydrogens (primary N) is 1. The number of aliphatic imine (C=N–C) groups is 1. The van der Waals surface area contributed by atoms with E-state index in [1.54, 1.807) is 49.4 Å². The van der Waals surface area contributed by atoms with Crippen LogP contribution in [0.2, 0.25) is 0 Å². The molecule has 1 aromatic heterocycles. The highest BCUT2D eigenvalue weighted by Crippen LogP contribution is 2.47. The number of aliphatic hydroxyl groups excluding tert-OH is 2. The van der Waals surface area contributed by atoms with Gasteiger partial charge in [-0.25, -0.2) is 9.24 Å². The molecule has 0 bridgehead atoms. The summed E-state index contributed by atoms with van der Waals surface area (Å²) in [5, 5.41) is 28.6. The third-order valence-electron chi connectivity index (χ3n) is 7.37. The number of carbonyl (C=O) groups is 1. The molecule has 0 amide bonds. The number of rotatable bonds is 15. The molecule has 2 unspecified atom stereocenters. The predicted molar refractivity (Wildman–Crippen MR) is 159 cm³/mol. The number of nitrogens with zero attached hydrogens (tertiary/aromatic N) is 3. The molecule has 1 aliphatic rings. The van der Waals surface area contributed by atoms with E-state index >= 15 is 0 Å². The molecule has 0 radical (unpaired) electrons. The van der Waals surface area contributed by atoms with Crippen LogP contribution in [0, 0.1) is 5.92 Å². The van der Waals surface area contributed by atoms with Crippen molar-refractivity contribution in [1.29, 1.82) is 0 Å². The standard InChI is InChI=1S/C28H42N5O8P/c1-7-19(8-2)16-38-27(36)18(3)32-42(37,41-20-12-10-9-11-13-20)39-17-22-24(34)25(35)28(4,40-22)23-15-14-21(26(29)30-5)33(23)31-6/h9-15,18-19,22,24-25,34-35H,6-8,16-17H2,1-5H3,(H2,29,30)(H,32,37)/t18-,22?,24+,25+,28-,42?/m0/s1. The monoisotopic (exact) mass is 607 g/mol. The Balaban J connectivity index is 1.80. The third-order valence-corrected chi connectivity index (χ3v) is 9.02. The molecule has 5 N–H and O–H groups in total. The number of benzene rings is 1. The normalized spacial score (nSPS) is 24.8. The van der Waals surface area contributed by atoms with E-state index < -0.39 is 50.3 Å². The molecule has 3 rings (SSSR count). The Morgan fingerprint density at radius 1 is 1.24 bits per heavy atom. The van der Waals surface area contributed by atoms with Gasteiger partial charge in [0.1, 0.15) is 47.2 Å². The number of aliphatic hydroxyl groups is 2. The first kappa shape index (κ1) is 33.4. The Morgan fingerprint density at radius 2 is 1.90 bits per heavy atom. The minimum absolute atomic E-state index is 0.183. The van der Waals surface area contributed by atoms with E-state index in [-0.39, 0.29) is 24.1 Å². The van der Waals surface area contributed by atoms with Crippen LogP contribution in [0.4, 0.5) is 0 Å². The van der Waals surface area contributed by atoms with Crippen LogP contribution in [0.25, 0.3) is 0 Å². The molecule has 2 aromatic rings. The van der Waals surface area contributed by atoms with E-state index in [2.05, 4.69) is 21.9 Å². The first-order valence-electron chi connectivity index (χ1n) is 13.8. The van der Waals surface area contributed by atoms with Crippen molar-refractivity contribution < 1.29 is 38.1 Å². The molecule has 14 heteroatoms. The summed E-state index contributed by atoms with van der Waals surface area (Å²) in [5.74, 6) is 0.000637. The van der Waals surface area contributed by atoms with Gasteiger partial charge in [-0.15, -0.1) is 0 Å². The third kappa shape index (κ3) is 7.47. The van der Waals surface area contributed by atoms with E-state index in [9.17, 15) is 19.6 Å². The van der Waals surface area contributed by atoms with Crippen molar-refractivity contribution in [1.82, 2.24) is 9.76 Å². The summed E-state index contributed by atoms with van der Waals surface area (Å²) >= 11 is 0. The minimum atomic E-state index is -4.24. The number of nitrogens with one attached hydrogen (secondary N) is 1. The number of ether oxygens (including phenoxy) is 2. The summed E-state index contributed by atoms with van der Waals surface area (Å²) in [6, 6.07) is 10.5. The van der Waals surface area contributed by atoms with Gasteiger partial charge in [-0.05, 0) is 44.0 Å². The first-order chi connectivity index (χ1) is 19.9. The maximum absolute atomic E-state index is 13.9. The number of para-hydroxylation sites is 1. The number of amidine groups is 1. The molecule has 0 spiro atoms. The van der Waals surface area contributed by atoms with Crippen molar-refractivity contribution in [2.75, 3.05) is 20.3 Å². The average molecular weight is 608 g/mol. The smallest absolute Gasteiger partial charge is 0.459 e. The van der Waals surface area contributed by atoms with Crippen molar-refractivity contribution >= 4 is 26.3 Å². The van der Waals surface area contributed by atoms with Crippen LogP contribution >= 0.6 is 7.75 Å². The Kier molecular flexibility index (Phi) is 11.5. The van der Waals surface area contributed by atoms with Crippen molar-refractivity contribution in [3.63, 3.8) is 0 Å². The SMILES string of the molecule is C=Nn1c(C(N)=NC)ccc1[C@]1(C)OC(COP(=O)(N[C@@H](C)C(=O)OCC(CC)CC)Oc2ccccc2)[C@@H](O)[C@H]1O. The Labute approximate surface area is 246 Å². The van der Waals surface area contributed by atoms with Crippen LogP contribution < -0.4 is 15.3 Å². The summed E-state index contributed by atoms with van der Waals surface area (Å²) < 4.78 is 38.2. The maximum atomic E-state index is 13.9. The molecule has 42 heavy (non-hydrogen) atoms. The largest absolute Gasteiger partial charge is 0.464 e. The highest BCUT2D eigenvalue weighted by atomic mass is 31.2. The summed E-state index contributed by atoms with van der Waals surface area (Å²) in [7, 11) is -2.72. The van der Waals surface area contributed by atoms with Crippen molar-refractivity contribution in [3.05, 3.63) is 53.9 Å². The van der Waals surface area contributed by atoms with Crippen LogP contribution in [-0.4, -0.2) is 78.0 Å². The molecule has 1 aliphatic heterocycles. The van der Waals surface area contributed by atoms with Crippen LogP contribution in [-0.2, 0) is 29.0 Å². The van der Waals surface area contributed by atoms with Crippen LogP contribution in [0.1, 0.15) is 51.9 Å². The fourth-order valence-electron chi connectivity index (χ4n) is 4.61. The maximum Gasteiger partial charge on any atom is 0.459 e. The topological polar surface area (TPSA) is 179 Å². The molecule has 232 valence electrons. The Hall–Kier alpha value is -3.06. The molecule has 13 nitrogen and oxygen atoms in total. The molecule has 1 saturated heterocycles. The number of aromatic nitrogens is 1. The Bertz CT molecular complexity index is 1280. The van der Waals surface area contributed by atoms with Gasteiger partial charge in [-0.1, -0.05) is 44.9 Å². The van der Waals surface area contributed by atoms with Crippen LogP contribution in [0.3, 0.4) is 0 Å². The van der Waals surface area contributed by atoms with Gasteiger partial charge in [-0.2, -0.15) is 10.2 Å². The van der Waals surface area contributed by atoms with Crippen molar-refractivity contribution in [2.45, 2.75) is 70.5 Å². The van der Waals surface area contributed by atoms with E-state index in [0.717, 1.165) is 12.8 Å². The Morgan fingerprint density at radius 3 is 2.50 bits per heavy atom. The van der Waals surface area contributed by atoms with E-state index in [1.807, 2.05) is 13.8 Å². The summed E-state index contributed by atoms with van der Waals surface area (Å²) in [4.78, 5) is 16.7. The summed E-state index contributed by atoms with van der Waals surface area (Å²) in [5.41, 5.74) is 5.26. The summed E-state index contributed by atoms with van der Waals surface area (Å²) in [6.45, 7) is 10.4. The molecular weight excluding hydrogens is 565 g/mol. The molecule has 0 aliphatic carbocycles. The van der Waals surface area contributed by atoms with Crippen molar-refractivity contribution in [2.24, 2.45) is 21.7 Å². The van der Waals surface area contributed by atoms with E-state index in [0.29, 0.717) is 11.4 Å². The molecule has 1 aromatic carbocycles. The number of hydrogen-bond acceptors (Lipinski definition) is 10. The van der Waals surface area contributed by atoms with Gasteiger partial charge in [0.25, 0.3) is 0 Å². The second kappa shape index (κ2) is 14.4. The van der Waals surface area contributed by atoms with E-state index in [4.69, 9.17) is 24.3 Å². The average Bonchev–Trinajstić information content (AvgIpc) is 3.52. The lowest BCUT2D eigenvalue weighted by molar-refractivity contribution is -0.146. The zero-order valence-corrected chi connectivity index (χ0v) is 25.6. The number of hydrogen-bond donors (Lipinski definition) is 4. The molecular formula is C28H42N5O8P. The van der Waals surface area contributed by atoms with Crippen LogP contribution in [0.15, 0.2) is 52.6 Å². The zero-order chi connectivity index (χ0) is 31.1. The molecule has 1 fully saturated rings. The lowest BCUT2D eigenvalue weighted by Gasteiger charge is -2.28. The lowest BCUT2D eigenvalue weighted by atomic mass is 9.93. The van der Waals surface area contributed by atoms with Gasteiger partial charge in [0.15, 0.2) is 0 Å². The first-order valence-corrected chi connectivity index (χ1v) is 15.4. The fraction of sp³-hybridized carbons (Fsp3) is 0.536. The van der Waals surface area contributed by atoms with Gasteiger partial charge in [0, 0.05) is 13.8 Å². The van der Waals surface area contributed by atoms with Gasteiger partial charge < -0.3 is 29.9 Å². The number of esters is 1. The van der Waals surface area contributed by atoms with Gasteiger partial charge in [0.05, 0.1) is 18.9 Å². The fourth-order valence-corrected chi connectivity index (χ4v) is 6.12.